The predicted octanol–water partition coefficient (Wildman–Crippen LogP) is 4.05. The second-order valence-corrected chi connectivity index (χ2v) is 7.96. The molecule has 4 rings (SSSR count). The zero-order valence-corrected chi connectivity index (χ0v) is 16.9. The molecule has 2 aromatic heterocycles. The molecule has 2 heterocycles. The van der Waals surface area contributed by atoms with Gasteiger partial charge in [-0.3, -0.25) is 9.78 Å². The van der Waals surface area contributed by atoms with Crippen molar-refractivity contribution in [3.8, 4) is 11.3 Å². The molecule has 0 bridgehead atoms. The van der Waals surface area contributed by atoms with E-state index >= 15 is 0 Å². The minimum absolute atomic E-state index is 0.0174. The number of nitrogens with zero attached hydrogens (tertiary/aromatic N) is 2. The molecule has 0 saturated heterocycles. The van der Waals surface area contributed by atoms with Gasteiger partial charge in [-0.05, 0) is 75.4 Å². The Morgan fingerprint density at radius 1 is 1.00 bits per heavy atom. The van der Waals surface area contributed by atoms with Crippen LogP contribution in [0.1, 0.15) is 36.0 Å². The van der Waals surface area contributed by atoms with E-state index in [1.54, 1.807) is 12.4 Å². The molecule has 5 nitrogen and oxygen atoms in total. The van der Waals surface area contributed by atoms with Crippen LogP contribution in [0.15, 0.2) is 54.9 Å². The summed E-state index contributed by atoms with van der Waals surface area (Å²) in [5.41, 5.74) is 3.28. The molecule has 1 fully saturated rings. The van der Waals surface area contributed by atoms with Crippen LogP contribution in [0.3, 0.4) is 0 Å². The first-order chi connectivity index (χ1) is 14.2. The average Bonchev–Trinajstić information content (AvgIpc) is 2.78. The fourth-order valence-corrected chi connectivity index (χ4v) is 4.29. The summed E-state index contributed by atoms with van der Waals surface area (Å²) in [7, 11) is 2.02. The first-order valence-electron chi connectivity index (χ1n) is 10.5. The highest BCUT2D eigenvalue weighted by atomic mass is 16.1. The smallest absolute Gasteiger partial charge is 0.252 e. The summed E-state index contributed by atoms with van der Waals surface area (Å²) in [5, 5.41) is 7.36. The molecule has 2 N–H and O–H groups in total. The van der Waals surface area contributed by atoms with Crippen LogP contribution in [-0.2, 0) is 0 Å². The maximum absolute atomic E-state index is 13.1. The van der Waals surface area contributed by atoms with E-state index < -0.39 is 0 Å². The molecule has 1 aromatic carbocycles. The number of carbonyl (C=O) groups excluding carboxylic acids is 1. The standard InChI is InChI=1S/C24H28N4O/c1-25-15-17-6-8-18(9-7-17)16-27-24(29)21-14-23(19-10-12-26-13-11-19)28-22-5-3-2-4-20(21)22/h2-5,10-14,17-18,25H,6-9,15-16H2,1H3,(H,27,29)/t17-,18-. The van der Waals surface area contributed by atoms with Crippen LogP contribution in [-0.4, -0.2) is 36.0 Å². The van der Waals surface area contributed by atoms with Crippen LogP contribution in [0.25, 0.3) is 22.2 Å². The maximum atomic E-state index is 13.1. The summed E-state index contributed by atoms with van der Waals surface area (Å²) in [5.74, 6) is 1.33. The lowest BCUT2D eigenvalue weighted by atomic mass is 9.82. The fraction of sp³-hybridized carbons (Fsp3) is 0.375. The number of aromatic nitrogens is 2. The molecule has 0 spiro atoms. The van der Waals surface area contributed by atoms with Gasteiger partial charge < -0.3 is 10.6 Å². The average molecular weight is 389 g/mol. The van der Waals surface area contributed by atoms with Gasteiger partial charge in [0.05, 0.1) is 16.8 Å². The van der Waals surface area contributed by atoms with Gasteiger partial charge in [0.25, 0.3) is 5.91 Å². The quantitative estimate of drug-likeness (QED) is 0.668. The van der Waals surface area contributed by atoms with Gasteiger partial charge in [0, 0.05) is 29.9 Å². The predicted molar refractivity (Wildman–Crippen MR) is 117 cm³/mol. The number of rotatable bonds is 6. The van der Waals surface area contributed by atoms with Crippen molar-refractivity contribution in [3.05, 3.63) is 60.4 Å². The minimum atomic E-state index is -0.0174. The van der Waals surface area contributed by atoms with E-state index in [0.717, 1.165) is 41.2 Å². The first-order valence-corrected chi connectivity index (χ1v) is 10.5. The van der Waals surface area contributed by atoms with Crippen molar-refractivity contribution in [1.82, 2.24) is 20.6 Å². The third-order valence-corrected chi connectivity index (χ3v) is 5.95. The van der Waals surface area contributed by atoms with E-state index in [-0.39, 0.29) is 5.91 Å². The lowest BCUT2D eigenvalue weighted by Crippen LogP contribution is -2.32. The lowest BCUT2D eigenvalue weighted by molar-refractivity contribution is 0.0943. The number of fused-ring (bicyclic) bond motifs is 1. The SMILES string of the molecule is CNC[C@H]1CC[C@H](CNC(=O)c2cc(-c3ccncc3)nc3ccccc23)CC1. The maximum Gasteiger partial charge on any atom is 0.252 e. The zero-order chi connectivity index (χ0) is 20.1. The van der Waals surface area contributed by atoms with Crippen molar-refractivity contribution >= 4 is 16.8 Å². The third-order valence-electron chi connectivity index (χ3n) is 5.95. The molecule has 29 heavy (non-hydrogen) atoms. The Morgan fingerprint density at radius 2 is 1.69 bits per heavy atom. The number of benzene rings is 1. The number of pyridine rings is 2. The molecule has 5 heteroatoms. The van der Waals surface area contributed by atoms with Crippen LogP contribution in [0.2, 0.25) is 0 Å². The third kappa shape index (κ3) is 4.62. The minimum Gasteiger partial charge on any atom is -0.352 e. The van der Waals surface area contributed by atoms with Gasteiger partial charge in [0.2, 0.25) is 0 Å². The Bertz CT molecular complexity index is 965. The summed E-state index contributed by atoms with van der Waals surface area (Å²) in [6.07, 6.45) is 8.35. The van der Waals surface area contributed by atoms with Crippen molar-refractivity contribution in [3.63, 3.8) is 0 Å². The van der Waals surface area contributed by atoms with Crippen LogP contribution >= 0.6 is 0 Å². The highest BCUT2D eigenvalue weighted by Gasteiger charge is 2.22. The number of para-hydroxylation sites is 1. The fourth-order valence-electron chi connectivity index (χ4n) is 4.29. The number of carbonyl (C=O) groups is 1. The van der Waals surface area contributed by atoms with Crippen LogP contribution in [0.4, 0.5) is 0 Å². The molecule has 3 aromatic rings. The highest BCUT2D eigenvalue weighted by Crippen LogP contribution is 2.28. The molecule has 1 saturated carbocycles. The highest BCUT2D eigenvalue weighted by molar-refractivity contribution is 6.07. The molecule has 0 unspecified atom stereocenters. The van der Waals surface area contributed by atoms with E-state index in [1.165, 1.54) is 25.7 Å². The van der Waals surface area contributed by atoms with Gasteiger partial charge in [-0.1, -0.05) is 18.2 Å². The van der Waals surface area contributed by atoms with E-state index in [1.807, 2.05) is 49.5 Å². The topological polar surface area (TPSA) is 66.9 Å². The van der Waals surface area contributed by atoms with E-state index in [0.29, 0.717) is 11.5 Å². The Hall–Kier alpha value is -2.79. The van der Waals surface area contributed by atoms with Crippen LogP contribution < -0.4 is 10.6 Å². The molecular weight excluding hydrogens is 360 g/mol. The van der Waals surface area contributed by atoms with Crippen LogP contribution in [0, 0.1) is 11.8 Å². The van der Waals surface area contributed by atoms with Gasteiger partial charge in [-0.15, -0.1) is 0 Å². The molecule has 0 atom stereocenters. The lowest BCUT2D eigenvalue weighted by Gasteiger charge is -2.28. The Kier molecular flexibility index (Phi) is 6.15. The van der Waals surface area contributed by atoms with E-state index in [4.69, 9.17) is 4.98 Å². The molecule has 0 radical (unpaired) electrons. The number of hydrogen-bond donors (Lipinski definition) is 2. The van der Waals surface area contributed by atoms with Crippen molar-refractivity contribution in [2.45, 2.75) is 25.7 Å². The Labute approximate surface area is 172 Å². The molecule has 1 aliphatic rings. The van der Waals surface area contributed by atoms with E-state index in [9.17, 15) is 4.79 Å². The van der Waals surface area contributed by atoms with Gasteiger partial charge in [-0.25, -0.2) is 4.98 Å². The zero-order valence-electron chi connectivity index (χ0n) is 16.9. The van der Waals surface area contributed by atoms with Gasteiger partial charge in [-0.2, -0.15) is 0 Å². The Balaban J connectivity index is 1.51. The number of nitrogens with one attached hydrogen (secondary N) is 2. The van der Waals surface area contributed by atoms with Crippen LogP contribution in [0.5, 0.6) is 0 Å². The second-order valence-electron chi connectivity index (χ2n) is 7.96. The van der Waals surface area contributed by atoms with Gasteiger partial charge in [0.1, 0.15) is 0 Å². The molecule has 1 amide bonds. The van der Waals surface area contributed by atoms with Crippen molar-refractivity contribution < 1.29 is 4.79 Å². The van der Waals surface area contributed by atoms with Crippen molar-refractivity contribution in [2.24, 2.45) is 11.8 Å². The summed E-state index contributed by atoms with van der Waals surface area (Å²) in [6, 6.07) is 13.6. The van der Waals surface area contributed by atoms with Crippen molar-refractivity contribution in [1.29, 1.82) is 0 Å². The molecular formula is C24H28N4O. The normalized spacial score (nSPS) is 19.2. The largest absolute Gasteiger partial charge is 0.352 e. The summed E-state index contributed by atoms with van der Waals surface area (Å²) in [4.78, 5) is 21.9. The van der Waals surface area contributed by atoms with Crippen molar-refractivity contribution in [2.75, 3.05) is 20.1 Å². The van der Waals surface area contributed by atoms with Gasteiger partial charge >= 0.3 is 0 Å². The first kappa shape index (κ1) is 19.5. The number of hydrogen-bond acceptors (Lipinski definition) is 4. The van der Waals surface area contributed by atoms with Gasteiger partial charge in [0.15, 0.2) is 0 Å². The molecule has 0 aliphatic heterocycles. The molecule has 1 aliphatic carbocycles. The summed E-state index contributed by atoms with van der Waals surface area (Å²) in [6.45, 7) is 1.84. The summed E-state index contributed by atoms with van der Waals surface area (Å²) < 4.78 is 0. The Morgan fingerprint density at radius 3 is 2.41 bits per heavy atom. The number of amides is 1. The molecule has 150 valence electrons. The van der Waals surface area contributed by atoms with E-state index in [2.05, 4.69) is 15.6 Å². The summed E-state index contributed by atoms with van der Waals surface area (Å²) >= 11 is 0. The monoisotopic (exact) mass is 388 g/mol. The second kappa shape index (κ2) is 9.14.